The summed E-state index contributed by atoms with van der Waals surface area (Å²) in [6.07, 6.45) is 0. The molecule has 1 aliphatic rings. The van der Waals surface area contributed by atoms with Crippen molar-refractivity contribution in [3.05, 3.63) is 29.6 Å². The summed E-state index contributed by atoms with van der Waals surface area (Å²) in [6, 6.07) is 3.98. The van der Waals surface area contributed by atoms with Gasteiger partial charge in [-0.1, -0.05) is 12.2 Å². The molecule has 0 bridgehead atoms. The Bertz CT molecular complexity index is 538. The number of hydrogen-bond acceptors (Lipinski definition) is 4. The molecule has 5 nitrogen and oxygen atoms in total. The molecule has 1 saturated heterocycles. The number of ether oxygens (including phenoxy) is 1. The van der Waals surface area contributed by atoms with E-state index in [0.717, 1.165) is 0 Å². The van der Waals surface area contributed by atoms with Gasteiger partial charge >= 0.3 is 0 Å². The van der Waals surface area contributed by atoms with E-state index in [0.29, 0.717) is 24.4 Å². The number of halogens is 1. The van der Waals surface area contributed by atoms with Crippen molar-refractivity contribution in [1.29, 1.82) is 0 Å². The number of amides is 1. The maximum atomic E-state index is 14.2. The van der Waals surface area contributed by atoms with E-state index in [2.05, 4.69) is 5.32 Å². The van der Waals surface area contributed by atoms with Crippen LogP contribution in [0.2, 0.25) is 0 Å². The number of nitrogens with one attached hydrogen (secondary N) is 1. The first-order valence-corrected chi connectivity index (χ1v) is 6.60. The summed E-state index contributed by atoms with van der Waals surface area (Å²) in [6.45, 7) is 1.13. The highest BCUT2D eigenvalue weighted by atomic mass is 32.1. The maximum absolute atomic E-state index is 14.2. The number of likely N-dealkylation sites (N-methyl/N-ethyl adjacent to an activating group) is 1. The summed E-state index contributed by atoms with van der Waals surface area (Å²) in [7, 11) is 1.54. The Morgan fingerprint density at radius 2 is 2.35 bits per heavy atom. The number of hydrogen-bond donors (Lipinski definition) is 2. The first-order valence-electron chi connectivity index (χ1n) is 6.20. The fourth-order valence-corrected chi connectivity index (χ4v) is 2.30. The van der Waals surface area contributed by atoms with E-state index in [9.17, 15) is 9.18 Å². The average Bonchev–Trinajstić information content (AvgIpc) is 2.46. The predicted octanol–water partition coefficient (Wildman–Crippen LogP) is 0.411. The molecule has 1 fully saturated rings. The van der Waals surface area contributed by atoms with Crippen molar-refractivity contribution < 1.29 is 13.9 Å². The second-order valence-electron chi connectivity index (χ2n) is 4.43. The van der Waals surface area contributed by atoms with Crippen molar-refractivity contribution in [3.8, 4) is 0 Å². The summed E-state index contributed by atoms with van der Waals surface area (Å²) in [5.74, 6) is -0.659. The predicted molar refractivity (Wildman–Crippen MR) is 78.3 cm³/mol. The third-order valence-corrected chi connectivity index (χ3v) is 3.45. The normalized spacial score (nSPS) is 18.7. The molecule has 1 heterocycles. The van der Waals surface area contributed by atoms with E-state index in [1.54, 1.807) is 24.1 Å². The molecule has 1 aromatic carbocycles. The van der Waals surface area contributed by atoms with Crippen LogP contribution in [0.25, 0.3) is 0 Å². The van der Waals surface area contributed by atoms with Gasteiger partial charge in [0, 0.05) is 19.2 Å². The molecule has 0 spiro atoms. The second-order valence-corrected chi connectivity index (χ2v) is 4.87. The Morgan fingerprint density at radius 3 is 2.95 bits per heavy atom. The Balaban J connectivity index is 2.32. The Kier molecular flexibility index (Phi) is 4.51. The second kappa shape index (κ2) is 6.15. The number of thiocarbonyl (C=S) groups is 1. The molecule has 1 unspecified atom stereocenters. The van der Waals surface area contributed by atoms with E-state index in [4.69, 9.17) is 22.7 Å². The number of morpholine rings is 1. The van der Waals surface area contributed by atoms with E-state index < -0.39 is 11.9 Å². The molecule has 1 amide bonds. The number of anilines is 1. The molecule has 0 saturated carbocycles. The number of carbonyl (C=O) groups excluding carboxylic acids is 1. The van der Waals surface area contributed by atoms with Gasteiger partial charge < -0.3 is 20.7 Å². The quantitative estimate of drug-likeness (QED) is 0.791. The van der Waals surface area contributed by atoms with Crippen LogP contribution in [0.15, 0.2) is 18.2 Å². The molecule has 0 aromatic heterocycles. The summed E-state index contributed by atoms with van der Waals surface area (Å²) in [5.41, 5.74) is 6.29. The molecule has 0 radical (unpaired) electrons. The lowest BCUT2D eigenvalue weighted by molar-refractivity contribution is -0.124. The largest absolute Gasteiger partial charge is 0.389 e. The lowest BCUT2D eigenvalue weighted by atomic mass is 10.1. The smallest absolute Gasteiger partial charge is 0.244 e. The highest BCUT2D eigenvalue weighted by molar-refractivity contribution is 7.80. The van der Waals surface area contributed by atoms with E-state index in [1.807, 2.05) is 0 Å². The van der Waals surface area contributed by atoms with Crippen molar-refractivity contribution in [2.75, 3.05) is 31.7 Å². The zero-order chi connectivity index (χ0) is 14.7. The monoisotopic (exact) mass is 297 g/mol. The summed E-state index contributed by atoms with van der Waals surface area (Å²) >= 11 is 4.82. The Labute approximate surface area is 121 Å². The van der Waals surface area contributed by atoms with Gasteiger partial charge in [0.1, 0.15) is 16.8 Å². The summed E-state index contributed by atoms with van der Waals surface area (Å²) in [4.78, 5) is 13.7. The molecule has 0 aliphatic carbocycles. The van der Waals surface area contributed by atoms with Crippen molar-refractivity contribution in [1.82, 2.24) is 5.32 Å². The van der Waals surface area contributed by atoms with Gasteiger partial charge in [0.15, 0.2) is 0 Å². The minimum atomic E-state index is -0.543. The van der Waals surface area contributed by atoms with Gasteiger partial charge in [-0.3, -0.25) is 4.79 Å². The molecule has 3 N–H and O–H groups in total. The summed E-state index contributed by atoms with van der Waals surface area (Å²) in [5, 5.41) is 2.56. The van der Waals surface area contributed by atoms with Gasteiger partial charge in [-0.15, -0.1) is 0 Å². The van der Waals surface area contributed by atoms with Gasteiger partial charge in [0.05, 0.1) is 18.9 Å². The molecule has 7 heteroatoms. The van der Waals surface area contributed by atoms with Crippen molar-refractivity contribution in [2.24, 2.45) is 5.73 Å². The van der Waals surface area contributed by atoms with Gasteiger partial charge in [-0.25, -0.2) is 4.39 Å². The molecular weight excluding hydrogens is 281 g/mol. The van der Waals surface area contributed by atoms with Crippen LogP contribution in [-0.4, -0.2) is 43.7 Å². The SMILES string of the molecule is CNC(=O)C1COCCN1c1ccc(C(N)=S)cc1F. The number of carbonyl (C=O) groups is 1. The first-order chi connectivity index (χ1) is 9.54. The average molecular weight is 297 g/mol. The van der Waals surface area contributed by atoms with E-state index in [1.165, 1.54) is 6.07 Å². The molecular formula is C13H16FN3O2S. The minimum absolute atomic E-state index is 0.139. The summed E-state index contributed by atoms with van der Waals surface area (Å²) < 4.78 is 19.5. The Hall–Kier alpha value is -1.73. The van der Waals surface area contributed by atoms with Crippen LogP contribution in [0.3, 0.4) is 0 Å². The van der Waals surface area contributed by atoms with Crippen LogP contribution in [0.1, 0.15) is 5.56 Å². The fraction of sp³-hybridized carbons (Fsp3) is 0.385. The van der Waals surface area contributed by atoms with Crippen molar-refractivity contribution in [3.63, 3.8) is 0 Å². The highest BCUT2D eigenvalue weighted by Gasteiger charge is 2.30. The van der Waals surface area contributed by atoms with Crippen LogP contribution in [0.4, 0.5) is 10.1 Å². The molecule has 1 aliphatic heterocycles. The number of rotatable bonds is 3. The zero-order valence-electron chi connectivity index (χ0n) is 11.1. The van der Waals surface area contributed by atoms with E-state index in [-0.39, 0.29) is 17.5 Å². The first kappa shape index (κ1) is 14.7. The van der Waals surface area contributed by atoms with Gasteiger partial charge in [0.25, 0.3) is 0 Å². The highest BCUT2D eigenvalue weighted by Crippen LogP contribution is 2.24. The van der Waals surface area contributed by atoms with Crippen LogP contribution < -0.4 is 16.0 Å². The van der Waals surface area contributed by atoms with Gasteiger partial charge in [0.2, 0.25) is 5.91 Å². The number of benzene rings is 1. The van der Waals surface area contributed by atoms with Crippen molar-refractivity contribution in [2.45, 2.75) is 6.04 Å². The maximum Gasteiger partial charge on any atom is 0.244 e. The molecule has 108 valence electrons. The Morgan fingerprint density at radius 1 is 1.60 bits per heavy atom. The zero-order valence-corrected chi connectivity index (χ0v) is 11.9. The number of nitrogens with two attached hydrogens (primary N) is 1. The minimum Gasteiger partial charge on any atom is -0.389 e. The topological polar surface area (TPSA) is 67.6 Å². The third-order valence-electron chi connectivity index (χ3n) is 3.22. The third kappa shape index (κ3) is 2.88. The standard InChI is InChI=1S/C13H16FN3O2S/c1-16-13(18)11-7-19-5-4-17(11)10-3-2-8(12(15)20)6-9(10)14/h2-3,6,11H,4-5,7H2,1H3,(H2,15,20)(H,16,18). The molecule has 20 heavy (non-hydrogen) atoms. The van der Waals surface area contributed by atoms with Crippen LogP contribution >= 0.6 is 12.2 Å². The van der Waals surface area contributed by atoms with Gasteiger partial charge in [-0.05, 0) is 18.2 Å². The molecule has 1 atom stereocenters. The van der Waals surface area contributed by atoms with E-state index >= 15 is 0 Å². The molecule has 1 aromatic rings. The van der Waals surface area contributed by atoms with Crippen LogP contribution in [-0.2, 0) is 9.53 Å². The molecule has 2 rings (SSSR count). The van der Waals surface area contributed by atoms with Gasteiger partial charge in [-0.2, -0.15) is 0 Å². The van der Waals surface area contributed by atoms with Crippen LogP contribution in [0.5, 0.6) is 0 Å². The lowest BCUT2D eigenvalue weighted by Crippen LogP contribution is -2.53. The van der Waals surface area contributed by atoms with Crippen LogP contribution in [0, 0.1) is 5.82 Å². The lowest BCUT2D eigenvalue weighted by Gasteiger charge is -2.36. The number of nitrogens with zero attached hydrogens (tertiary/aromatic N) is 1. The fourth-order valence-electron chi connectivity index (χ4n) is 2.17. The van der Waals surface area contributed by atoms with Crippen molar-refractivity contribution >= 4 is 28.8 Å².